The van der Waals surface area contributed by atoms with Gasteiger partial charge in [-0.25, -0.2) is 13.6 Å². The van der Waals surface area contributed by atoms with Gasteiger partial charge in [-0.05, 0) is 30.5 Å². The van der Waals surface area contributed by atoms with E-state index in [9.17, 15) is 13.2 Å². The SMILES string of the molecule is NS(=O)(=O)C1CC(=O)N(C2(c3ccc(Br)cc3)CC2)C1. The summed E-state index contributed by atoms with van der Waals surface area (Å²) in [5, 5.41) is 4.40. The van der Waals surface area contributed by atoms with Crippen molar-refractivity contribution in [3.63, 3.8) is 0 Å². The van der Waals surface area contributed by atoms with Crippen LogP contribution in [-0.2, 0) is 20.4 Å². The first kappa shape index (κ1) is 14.0. The Balaban J connectivity index is 1.89. The summed E-state index contributed by atoms with van der Waals surface area (Å²) in [4.78, 5) is 13.9. The molecule has 20 heavy (non-hydrogen) atoms. The molecule has 1 aliphatic heterocycles. The molecular formula is C13H15BrN2O3S. The van der Waals surface area contributed by atoms with Crippen LogP contribution in [0, 0.1) is 0 Å². The second-order valence-corrected chi connectivity index (χ2v) is 8.22. The fourth-order valence-electron chi connectivity index (χ4n) is 2.90. The fraction of sp³-hybridized carbons (Fsp3) is 0.462. The molecule has 1 aliphatic carbocycles. The van der Waals surface area contributed by atoms with Crippen molar-refractivity contribution in [3.05, 3.63) is 34.3 Å². The number of likely N-dealkylation sites (tertiary alicyclic amines) is 1. The Bertz CT molecular complexity index is 653. The van der Waals surface area contributed by atoms with Crippen LogP contribution in [-0.4, -0.2) is 31.0 Å². The van der Waals surface area contributed by atoms with Gasteiger partial charge in [-0.1, -0.05) is 28.1 Å². The number of hydrogen-bond acceptors (Lipinski definition) is 3. The second-order valence-electron chi connectivity index (χ2n) is 5.46. The van der Waals surface area contributed by atoms with Crippen LogP contribution in [0.1, 0.15) is 24.8 Å². The Morgan fingerprint density at radius 1 is 1.25 bits per heavy atom. The average Bonchev–Trinajstić information content (AvgIpc) is 3.06. The normalized spacial score (nSPS) is 25.0. The molecule has 2 aliphatic rings. The molecule has 5 nitrogen and oxygen atoms in total. The highest BCUT2D eigenvalue weighted by atomic mass is 79.9. The number of sulfonamides is 1. The lowest BCUT2D eigenvalue weighted by Crippen LogP contribution is -2.38. The molecule has 0 aromatic heterocycles. The van der Waals surface area contributed by atoms with Gasteiger partial charge in [0, 0.05) is 17.4 Å². The summed E-state index contributed by atoms with van der Waals surface area (Å²) in [5.41, 5.74) is 0.737. The highest BCUT2D eigenvalue weighted by Crippen LogP contribution is 2.52. The molecule has 108 valence electrons. The first-order valence-corrected chi connectivity index (χ1v) is 8.81. The third-order valence-electron chi connectivity index (χ3n) is 4.18. The van der Waals surface area contributed by atoms with Crippen molar-refractivity contribution in [2.45, 2.75) is 30.1 Å². The van der Waals surface area contributed by atoms with Crippen molar-refractivity contribution in [2.24, 2.45) is 5.14 Å². The van der Waals surface area contributed by atoms with Crippen molar-refractivity contribution >= 4 is 31.9 Å². The van der Waals surface area contributed by atoms with Gasteiger partial charge in [0.1, 0.15) is 5.25 Å². The van der Waals surface area contributed by atoms with E-state index in [2.05, 4.69) is 15.9 Å². The molecule has 1 heterocycles. The first-order chi connectivity index (χ1) is 9.33. The van der Waals surface area contributed by atoms with Gasteiger partial charge in [-0.15, -0.1) is 0 Å². The third-order valence-corrected chi connectivity index (χ3v) is 5.95. The van der Waals surface area contributed by atoms with E-state index < -0.39 is 15.3 Å². The van der Waals surface area contributed by atoms with Crippen LogP contribution in [0.25, 0.3) is 0 Å². The summed E-state index contributed by atoms with van der Waals surface area (Å²) >= 11 is 3.39. The van der Waals surface area contributed by atoms with E-state index in [1.807, 2.05) is 24.3 Å². The highest BCUT2D eigenvalue weighted by molar-refractivity contribution is 9.10. The maximum absolute atomic E-state index is 12.2. The molecule has 1 atom stereocenters. The fourth-order valence-corrected chi connectivity index (χ4v) is 3.90. The minimum absolute atomic E-state index is 0.00287. The summed E-state index contributed by atoms with van der Waals surface area (Å²) in [6.07, 6.45) is 1.74. The third kappa shape index (κ3) is 2.27. The van der Waals surface area contributed by atoms with E-state index in [-0.39, 0.29) is 24.4 Å². The van der Waals surface area contributed by atoms with Crippen molar-refractivity contribution < 1.29 is 13.2 Å². The van der Waals surface area contributed by atoms with E-state index in [4.69, 9.17) is 5.14 Å². The second kappa shape index (κ2) is 4.54. The number of rotatable bonds is 3. The molecule has 7 heteroatoms. The Labute approximate surface area is 126 Å². The number of primary sulfonamides is 1. The minimum atomic E-state index is -3.66. The van der Waals surface area contributed by atoms with Crippen molar-refractivity contribution in [1.82, 2.24) is 4.90 Å². The molecule has 3 rings (SSSR count). The van der Waals surface area contributed by atoms with Crippen LogP contribution in [0.4, 0.5) is 0 Å². The van der Waals surface area contributed by atoms with Crippen LogP contribution in [0.2, 0.25) is 0 Å². The first-order valence-electron chi connectivity index (χ1n) is 6.41. The molecule has 1 amide bonds. The Kier molecular flexibility index (Phi) is 3.19. The Morgan fingerprint density at radius 2 is 1.85 bits per heavy atom. The lowest BCUT2D eigenvalue weighted by molar-refractivity contribution is -0.130. The maximum Gasteiger partial charge on any atom is 0.224 e. The largest absolute Gasteiger partial charge is 0.332 e. The van der Waals surface area contributed by atoms with E-state index in [0.29, 0.717) is 0 Å². The Morgan fingerprint density at radius 3 is 2.30 bits per heavy atom. The molecule has 1 aromatic carbocycles. The van der Waals surface area contributed by atoms with Gasteiger partial charge >= 0.3 is 0 Å². The van der Waals surface area contributed by atoms with Crippen LogP contribution < -0.4 is 5.14 Å². The number of hydrogen-bond donors (Lipinski definition) is 1. The van der Waals surface area contributed by atoms with Gasteiger partial charge in [0.05, 0.1) is 5.54 Å². The molecule has 1 unspecified atom stereocenters. The zero-order valence-electron chi connectivity index (χ0n) is 10.8. The molecule has 2 fully saturated rings. The number of carbonyl (C=O) groups excluding carboxylic acids is 1. The molecule has 0 radical (unpaired) electrons. The van der Waals surface area contributed by atoms with Crippen LogP contribution in [0.15, 0.2) is 28.7 Å². The number of nitrogens with zero attached hydrogens (tertiary/aromatic N) is 1. The number of amides is 1. The topological polar surface area (TPSA) is 80.5 Å². The molecule has 1 aromatic rings. The van der Waals surface area contributed by atoms with E-state index in [0.717, 1.165) is 22.9 Å². The smallest absolute Gasteiger partial charge is 0.224 e. The van der Waals surface area contributed by atoms with Gasteiger partial charge in [-0.3, -0.25) is 4.79 Å². The lowest BCUT2D eigenvalue weighted by Gasteiger charge is -2.28. The average molecular weight is 359 g/mol. The van der Waals surface area contributed by atoms with Gasteiger partial charge in [-0.2, -0.15) is 0 Å². The summed E-state index contributed by atoms with van der Waals surface area (Å²) in [6.45, 7) is 0.202. The summed E-state index contributed by atoms with van der Waals surface area (Å²) in [7, 11) is -3.66. The van der Waals surface area contributed by atoms with Gasteiger partial charge in [0.2, 0.25) is 15.9 Å². The highest BCUT2D eigenvalue weighted by Gasteiger charge is 2.55. The van der Waals surface area contributed by atoms with Gasteiger partial charge < -0.3 is 4.90 Å². The van der Waals surface area contributed by atoms with Crippen LogP contribution in [0.3, 0.4) is 0 Å². The molecule has 2 N–H and O–H groups in total. The molecule has 0 bridgehead atoms. The van der Waals surface area contributed by atoms with Crippen LogP contribution >= 0.6 is 15.9 Å². The number of carbonyl (C=O) groups is 1. The molecule has 0 spiro atoms. The monoisotopic (exact) mass is 358 g/mol. The van der Waals surface area contributed by atoms with Gasteiger partial charge in [0.15, 0.2) is 0 Å². The van der Waals surface area contributed by atoms with Crippen molar-refractivity contribution in [3.8, 4) is 0 Å². The van der Waals surface area contributed by atoms with Crippen molar-refractivity contribution in [2.75, 3.05) is 6.54 Å². The maximum atomic E-state index is 12.2. The van der Waals surface area contributed by atoms with Gasteiger partial charge in [0.25, 0.3) is 0 Å². The summed E-state index contributed by atoms with van der Waals surface area (Å²) in [5.74, 6) is -0.121. The van der Waals surface area contributed by atoms with Crippen molar-refractivity contribution in [1.29, 1.82) is 0 Å². The van der Waals surface area contributed by atoms with E-state index in [1.54, 1.807) is 4.90 Å². The predicted octanol–water partition coefficient (Wildman–Crippen LogP) is 1.33. The number of benzene rings is 1. The Hall–Kier alpha value is -0.920. The zero-order valence-corrected chi connectivity index (χ0v) is 13.2. The number of nitrogens with two attached hydrogens (primary N) is 1. The van der Waals surface area contributed by atoms with E-state index in [1.165, 1.54) is 0 Å². The molecule has 1 saturated heterocycles. The zero-order chi connectivity index (χ0) is 14.5. The number of halogens is 1. The predicted molar refractivity (Wildman–Crippen MR) is 78.3 cm³/mol. The lowest BCUT2D eigenvalue weighted by atomic mass is 10.0. The molecular weight excluding hydrogens is 344 g/mol. The molecule has 1 saturated carbocycles. The quantitative estimate of drug-likeness (QED) is 0.884. The van der Waals surface area contributed by atoms with E-state index >= 15 is 0 Å². The summed E-state index contributed by atoms with van der Waals surface area (Å²) < 4.78 is 23.9. The van der Waals surface area contributed by atoms with Crippen LogP contribution in [0.5, 0.6) is 0 Å². The summed E-state index contributed by atoms with van der Waals surface area (Å²) in [6, 6.07) is 7.84. The standard InChI is InChI=1S/C13H15BrN2O3S/c14-10-3-1-9(2-4-10)13(5-6-13)16-8-11(7-12(16)17)20(15,18)19/h1-4,11H,5-8H2,(H2,15,18,19). The minimum Gasteiger partial charge on any atom is -0.332 e.